The predicted molar refractivity (Wildman–Crippen MR) is 74.3 cm³/mol. The lowest BCUT2D eigenvalue weighted by Crippen LogP contribution is -2.25. The molecule has 0 aliphatic rings. The predicted octanol–water partition coefficient (Wildman–Crippen LogP) is 3.19. The van der Waals surface area contributed by atoms with Gasteiger partial charge in [-0.2, -0.15) is 5.26 Å². The highest BCUT2D eigenvalue weighted by Crippen LogP contribution is 2.25. The minimum atomic E-state index is -0.0812. The molecule has 1 aromatic rings. The first-order chi connectivity index (χ1) is 7.97. The largest absolute Gasteiger partial charge is 0.304 e. The Bertz CT molecular complexity index is 384. The van der Waals surface area contributed by atoms with E-state index in [1.807, 2.05) is 7.05 Å². The molecule has 0 spiro atoms. The van der Waals surface area contributed by atoms with Gasteiger partial charge < -0.3 is 5.32 Å². The van der Waals surface area contributed by atoms with Gasteiger partial charge in [0, 0.05) is 10.6 Å². The van der Waals surface area contributed by atoms with Crippen LogP contribution in [0.2, 0.25) is 0 Å². The molecule has 0 radical (unpaired) electrons. The van der Waals surface area contributed by atoms with Gasteiger partial charge in [0.25, 0.3) is 0 Å². The van der Waals surface area contributed by atoms with Crippen molar-refractivity contribution in [2.24, 2.45) is 0 Å². The van der Waals surface area contributed by atoms with Crippen molar-refractivity contribution in [2.75, 3.05) is 12.8 Å². The van der Waals surface area contributed by atoms with Crippen LogP contribution >= 0.6 is 11.8 Å². The molecule has 1 rings (SSSR count). The molecular weight excluding hydrogens is 228 g/mol. The molecule has 0 aliphatic carbocycles. The number of nitriles is 1. The van der Waals surface area contributed by atoms with E-state index in [-0.39, 0.29) is 11.5 Å². The SMILES string of the molecule is CNC(C#N)CSc1ccc(C(C)(C)C)cc1. The van der Waals surface area contributed by atoms with Gasteiger partial charge in [0.05, 0.1) is 6.07 Å². The summed E-state index contributed by atoms with van der Waals surface area (Å²) < 4.78 is 0. The average molecular weight is 248 g/mol. The summed E-state index contributed by atoms with van der Waals surface area (Å²) in [4.78, 5) is 1.22. The van der Waals surface area contributed by atoms with Gasteiger partial charge >= 0.3 is 0 Å². The fourth-order valence-electron chi connectivity index (χ4n) is 1.42. The van der Waals surface area contributed by atoms with Crippen LogP contribution in [0.3, 0.4) is 0 Å². The summed E-state index contributed by atoms with van der Waals surface area (Å²) in [6.07, 6.45) is 0. The first kappa shape index (κ1) is 14.1. The zero-order chi connectivity index (χ0) is 12.9. The van der Waals surface area contributed by atoms with Gasteiger partial charge in [-0.15, -0.1) is 11.8 Å². The number of thioether (sulfide) groups is 1. The zero-order valence-electron chi connectivity index (χ0n) is 10.9. The molecule has 92 valence electrons. The maximum absolute atomic E-state index is 8.83. The summed E-state index contributed by atoms with van der Waals surface area (Å²) in [5.41, 5.74) is 1.54. The Morgan fingerprint density at radius 2 is 1.88 bits per heavy atom. The van der Waals surface area contributed by atoms with E-state index >= 15 is 0 Å². The van der Waals surface area contributed by atoms with Crippen molar-refractivity contribution in [3.8, 4) is 6.07 Å². The molecule has 1 N–H and O–H groups in total. The number of rotatable bonds is 4. The van der Waals surface area contributed by atoms with Crippen molar-refractivity contribution in [3.05, 3.63) is 29.8 Å². The van der Waals surface area contributed by atoms with Gasteiger partial charge in [0.1, 0.15) is 6.04 Å². The minimum Gasteiger partial charge on any atom is -0.304 e. The molecule has 0 saturated carbocycles. The molecule has 0 saturated heterocycles. The molecule has 1 atom stereocenters. The van der Waals surface area contributed by atoms with Crippen molar-refractivity contribution < 1.29 is 0 Å². The first-order valence-corrected chi connectivity index (χ1v) is 6.76. The molecule has 0 amide bonds. The molecule has 1 unspecified atom stereocenters. The van der Waals surface area contributed by atoms with Crippen molar-refractivity contribution in [1.82, 2.24) is 5.32 Å². The highest BCUT2D eigenvalue weighted by Gasteiger charge is 2.13. The van der Waals surface area contributed by atoms with E-state index < -0.39 is 0 Å². The summed E-state index contributed by atoms with van der Waals surface area (Å²) in [6, 6.07) is 10.8. The minimum absolute atomic E-state index is 0.0812. The van der Waals surface area contributed by atoms with Crippen LogP contribution in [0.5, 0.6) is 0 Å². The third kappa shape index (κ3) is 4.41. The number of hydrogen-bond acceptors (Lipinski definition) is 3. The quantitative estimate of drug-likeness (QED) is 0.831. The Morgan fingerprint density at radius 3 is 2.29 bits per heavy atom. The number of benzene rings is 1. The Labute approximate surface area is 108 Å². The number of nitrogens with one attached hydrogen (secondary N) is 1. The Balaban J connectivity index is 2.61. The summed E-state index contributed by atoms with van der Waals surface area (Å²) in [6.45, 7) is 6.63. The molecule has 2 nitrogen and oxygen atoms in total. The van der Waals surface area contributed by atoms with Gasteiger partial charge in [0.2, 0.25) is 0 Å². The van der Waals surface area contributed by atoms with Crippen molar-refractivity contribution in [1.29, 1.82) is 5.26 Å². The lowest BCUT2D eigenvalue weighted by atomic mass is 9.87. The van der Waals surface area contributed by atoms with E-state index in [2.05, 4.69) is 56.4 Å². The van der Waals surface area contributed by atoms with Crippen LogP contribution in [0, 0.1) is 11.3 Å². The lowest BCUT2D eigenvalue weighted by molar-refractivity contribution is 0.590. The highest BCUT2D eigenvalue weighted by molar-refractivity contribution is 7.99. The van der Waals surface area contributed by atoms with Gasteiger partial charge in [-0.1, -0.05) is 32.9 Å². The molecule has 17 heavy (non-hydrogen) atoms. The summed E-state index contributed by atoms with van der Waals surface area (Å²) >= 11 is 1.71. The second-order valence-electron chi connectivity index (χ2n) is 5.06. The summed E-state index contributed by atoms with van der Waals surface area (Å²) in [7, 11) is 1.82. The second-order valence-corrected chi connectivity index (χ2v) is 6.15. The fraction of sp³-hybridized carbons (Fsp3) is 0.500. The van der Waals surface area contributed by atoms with Crippen molar-refractivity contribution in [3.63, 3.8) is 0 Å². The number of hydrogen-bond donors (Lipinski definition) is 1. The molecule has 1 aromatic carbocycles. The summed E-state index contributed by atoms with van der Waals surface area (Å²) in [5, 5.41) is 11.8. The van der Waals surface area contributed by atoms with E-state index in [1.165, 1.54) is 10.5 Å². The monoisotopic (exact) mass is 248 g/mol. The van der Waals surface area contributed by atoms with Gasteiger partial charge in [-0.3, -0.25) is 0 Å². The van der Waals surface area contributed by atoms with E-state index in [9.17, 15) is 0 Å². The fourth-order valence-corrected chi connectivity index (χ4v) is 2.34. The third-order valence-corrected chi connectivity index (χ3v) is 3.75. The van der Waals surface area contributed by atoms with E-state index in [0.717, 1.165) is 5.75 Å². The second kappa shape index (κ2) is 6.09. The third-order valence-electron chi connectivity index (χ3n) is 2.64. The molecule has 0 aliphatic heterocycles. The van der Waals surface area contributed by atoms with E-state index in [1.54, 1.807) is 11.8 Å². The van der Waals surface area contributed by atoms with Crippen LogP contribution in [-0.2, 0) is 5.41 Å². The van der Waals surface area contributed by atoms with Crippen molar-refractivity contribution >= 4 is 11.8 Å². The topological polar surface area (TPSA) is 35.8 Å². The normalized spacial score (nSPS) is 13.1. The Kier molecular flexibility index (Phi) is 5.04. The molecule has 3 heteroatoms. The van der Waals surface area contributed by atoms with Crippen LogP contribution in [0.25, 0.3) is 0 Å². The molecule has 0 bridgehead atoms. The molecule has 0 aromatic heterocycles. The van der Waals surface area contributed by atoms with Crippen LogP contribution in [0.15, 0.2) is 29.2 Å². The maximum atomic E-state index is 8.83. The van der Waals surface area contributed by atoms with E-state index in [4.69, 9.17) is 5.26 Å². The standard InChI is InChI=1S/C14H20N2S/c1-14(2,3)11-5-7-13(8-6-11)17-10-12(9-15)16-4/h5-8,12,16H,10H2,1-4H3. The average Bonchev–Trinajstić information content (AvgIpc) is 2.30. The molecular formula is C14H20N2S. The first-order valence-electron chi connectivity index (χ1n) is 5.77. The van der Waals surface area contributed by atoms with Crippen LogP contribution in [0.4, 0.5) is 0 Å². The summed E-state index contributed by atoms with van der Waals surface area (Å²) in [5.74, 6) is 0.780. The Morgan fingerprint density at radius 1 is 1.29 bits per heavy atom. The molecule has 0 heterocycles. The van der Waals surface area contributed by atoms with Crippen LogP contribution < -0.4 is 5.32 Å². The highest BCUT2D eigenvalue weighted by atomic mass is 32.2. The Hall–Kier alpha value is -0.980. The number of nitrogens with zero attached hydrogens (tertiary/aromatic N) is 1. The zero-order valence-corrected chi connectivity index (χ0v) is 11.8. The smallest absolute Gasteiger partial charge is 0.104 e. The van der Waals surface area contributed by atoms with Crippen LogP contribution in [-0.4, -0.2) is 18.8 Å². The van der Waals surface area contributed by atoms with Crippen molar-refractivity contribution in [2.45, 2.75) is 37.1 Å². The van der Waals surface area contributed by atoms with Crippen LogP contribution in [0.1, 0.15) is 26.3 Å². The van der Waals surface area contributed by atoms with E-state index in [0.29, 0.717) is 0 Å². The van der Waals surface area contributed by atoms with Gasteiger partial charge in [-0.25, -0.2) is 0 Å². The maximum Gasteiger partial charge on any atom is 0.104 e. The lowest BCUT2D eigenvalue weighted by Gasteiger charge is -2.19. The van der Waals surface area contributed by atoms with Gasteiger partial charge in [0.15, 0.2) is 0 Å². The molecule has 0 fully saturated rings. The van der Waals surface area contributed by atoms with Gasteiger partial charge in [-0.05, 0) is 30.2 Å².